The van der Waals surface area contributed by atoms with Gasteiger partial charge in [0.2, 0.25) is 15.9 Å². The molecule has 0 fully saturated rings. The lowest BCUT2D eigenvalue weighted by molar-refractivity contribution is -0.114. The van der Waals surface area contributed by atoms with Crippen LogP contribution in [-0.2, 0) is 27.9 Å². The van der Waals surface area contributed by atoms with E-state index in [1.165, 1.54) is 41.0 Å². The zero-order chi connectivity index (χ0) is 18.6. The summed E-state index contributed by atoms with van der Waals surface area (Å²) < 4.78 is 32.9. The molecule has 136 valence electrons. The van der Waals surface area contributed by atoms with Gasteiger partial charge >= 0.3 is 0 Å². The number of anilines is 1. The molecular formula is C18H18N2O4S2. The number of amides is 1. The van der Waals surface area contributed by atoms with Crippen molar-refractivity contribution < 1.29 is 17.6 Å². The normalized spacial score (nSPS) is 11.6. The van der Waals surface area contributed by atoms with Gasteiger partial charge in [-0.05, 0) is 47.8 Å². The molecule has 8 heteroatoms. The molecule has 2 aromatic heterocycles. The Bertz CT molecular complexity index is 911. The number of nitrogens with one attached hydrogen (secondary N) is 1. The number of hydrogen-bond acceptors (Lipinski definition) is 5. The molecule has 0 saturated carbocycles. The van der Waals surface area contributed by atoms with Crippen molar-refractivity contribution in [3.05, 3.63) is 70.8 Å². The van der Waals surface area contributed by atoms with Gasteiger partial charge in [-0.2, -0.15) is 4.31 Å². The van der Waals surface area contributed by atoms with Crippen molar-refractivity contribution >= 4 is 33.0 Å². The van der Waals surface area contributed by atoms with Crippen LogP contribution in [0.3, 0.4) is 0 Å². The van der Waals surface area contributed by atoms with Gasteiger partial charge in [-0.1, -0.05) is 6.07 Å². The predicted octanol–water partition coefficient (Wildman–Crippen LogP) is 3.69. The maximum atomic E-state index is 13.1. The Morgan fingerprint density at radius 3 is 2.46 bits per heavy atom. The average molecular weight is 390 g/mol. The summed E-state index contributed by atoms with van der Waals surface area (Å²) in [5.41, 5.74) is 0.548. The number of rotatable bonds is 7. The molecule has 3 aromatic rings. The second-order valence-electron chi connectivity index (χ2n) is 5.64. The molecular weight excluding hydrogens is 372 g/mol. The van der Waals surface area contributed by atoms with Crippen LogP contribution in [0.25, 0.3) is 0 Å². The first kappa shape index (κ1) is 18.4. The maximum absolute atomic E-state index is 13.1. The number of carbonyl (C=O) groups is 1. The first-order chi connectivity index (χ1) is 12.4. The number of nitrogens with zero attached hydrogens (tertiary/aromatic N) is 1. The van der Waals surface area contributed by atoms with Gasteiger partial charge in [0.1, 0.15) is 5.76 Å². The van der Waals surface area contributed by atoms with Gasteiger partial charge in [-0.15, -0.1) is 11.3 Å². The SMILES string of the molecule is CC(=O)Nc1ccc(S(=O)(=O)N(Cc2ccco2)Cc2cccs2)cc1. The Balaban J connectivity index is 1.88. The molecule has 26 heavy (non-hydrogen) atoms. The van der Waals surface area contributed by atoms with Crippen LogP contribution in [0, 0.1) is 0 Å². The highest BCUT2D eigenvalue weighted by Gasteiger charge is 2.26. The van der Waals surface area contributed by atoms with E-state index in [0.717, 1.165) is 4.88 Å². The third-order valence-corrected chi connectivity index (χ3v) is 6.30. The van der Waals surface area contributed by atoms with E-state index in [1.807, 2.05) is 17.5 Å². The summed E-state index contributed by atoms with van der Waals surface area (Å²) >= 11 is 1.50. The van der Waals surface area contributed by atoms with Crippen LogP contribution in [-0.4, -0.2) is 18.6 Å². The first-order valence-corrected chi connectivity index (χ1v) is 10.2. The molecule has 3 rings (SSSR count). The van der Waals surface area contributed by atoms with Gasteiger partial charge in [-0.25, -0.2) is 8.42 Å². The van der Waals surface area contributed by atoms with E-state index in [4.69, 9.17) is 4.42 Å². The van der Waals surface area contributed by atoms with Crippen molar-refractivity contribution in [2.75, 3.05) is 5.32 Å². The summed E-state index contributed by atoms with van der Waals surface area (Å²) in [6.45, 7) is 1.80. The number of carbonyl (C=O) groups excluding carboxylic acids is 1. The minimum atomic E-state index is -3.73. The average Bonchev–Trinajstić information content (AvgIpc) is 3.28. The van der Waals surface area contributed by atoms with Crippen molar-refractivity contribution in [3.63, 3.8) is 0 Å². The standard InChI is InChI=1S/C18H18N2O4S2/c1-14(21)19-15-6-8-18(9-7-15)26(22,23)20(12-16-4-2-10-24-16)13-17-5-3-11-25-17/h2-11H,12-13H2,1H3,(H,19,21). The maximum Gasteiger partial charge on any atom is 0.243 e. The van der Waals surface area contributed by atoms with E-state index in [9.17, 15) is 13.2 Å². The molecule has 6 nitrogen and oxygen atoms in total. The summed E-state index contributed by atoms with van der Waals surface area (Å²) in [7, 11) is -3.73. The molecule has 1 aromatic carbocycles. The number of furan rings is 1. The van der Waals surface area contributed by atoms with Gasteiger partial charge < -0.3 is 9.73 Å². The Morgan fingerprint density at radius 2 is 1.88 bits per heavy atom. The largest absolute Gasteiger partial charge is 0.468 e. The summed E-state index contributed by atoms with van der Waals surface area (Å²) in [5.74, 6) is 0.359. The van der Waals surface area contributed by atoms with Gasteiger partial charge in [0.05, 0.1) is 17.7 Å². The molecule has 0 aliphatic heterocycles. The molecule has 0 saturated heterocycles. The van der Waals surface area contributed by atoms with Crippen LogP contribution in [0.2, 0.25) is 0 Å². The quantitative estimate of drug-likeness (QED) is 0.667. The molecule has 0 spiro atoms. The molecule has 2 heterocycles. The van der Waals surface area contributed by atoms with E-state index in [1.54, 1.807) is 24.3 Å². The van der Waals surface area contributed by atoms with Gasteiger partial charge in [0.15, 0.2) is 0 Å². The zero-order valence-electron chi connectivity index (χ0n) is 14.1. The second kappa shape index (κ2) is 7.86. The zero-order valence-corrected chi connectivity index (χ0v) is 15.7. The highest BCUT2D eigenvalue weighted by Crippen LogP contribution is 2.24. The Labute approximate surface area is 156 Å². The fraction of sp³-hybridized carbons (Fsp3) is 0.167. The van der Waals surface area contributed by atoms with E-state index < -0.39 is 10.0 Å². The van der Waals surface area contributed by atoms with Gasteiger partial charge in [0, 0.05) is 24.0 Å². The van der Waals surface area contributed by atoms with E-state index in [2.05, 4.69) is 5.32 Å². The smallest absolute Gasteiger partial charge is 0.243 e. The molecule has 0 aliphatic carbocycles. The minimum Gasteiger partial charge on any atom is -0.468 e. The Hall–Kier alpha value is -2.42. The lowest BCUT2D eigenvalue weighted by atomic mass is 10.3. The minimum absolute atomic E-state index is 0.140. The van der Waals surface area contributed by atoms with Crippen LogP contribution in [0.4, 0.5) is 5.69 Å². The Kier molecular flexibility index (Phi) is 5.55. The highest BCUT2D eigenvalue weighted by atomic mass is 32.2. The number of hydrogen-bond donors (Lipinski definition) is 1. The first-order valence-electron chi connectivity index (χ1n) is 7.88. The van der Waals surface area contributed by atoms with Crippen LogP contribution < -0.4 is 5.32 Å². The number of sulfonamides is 1. The predicted molar refractivity (Wildman–Crippen MR) is 100 cm³/mol. The summed E-state index contributed by atoms with van der Waals surface area (Å²) in [6.07, 6.45) is 1.52. The summed E-state index contributed by atoms with van der Waals surface area (Å²) in [6, 6.07) is 13.4. The molecule has 1 N–H and O–H groups in total. The fourth-order valence-electron chi connectivity index (χ4n) is 2.44. The van der Waals surface area contributed by atoms with Gasteiger partial charge in [-0.3, -0.25) is 4.79 Å². The lowest BCUT2D eigenvalue weighted by Gasteiger charge is -2.21. The third-order valence-electron chi connectivity index (χ3n) is 3.64. The van der Waals surface area contributed by atoms with Crippen LogP contribution in [0.1, 0.15) is 17.6 Å². The lowest BCUT2D eigenvalue weighted by Crippen LogP contribution is -2.29. The molecule has 0 aliphatic rings. The van der Waals surface area contributed by atoms with Crippen molar-refractivity contribution in [1.29, 1.82) is 0 Å². The summed E-state index contributed by atoms with van der Waals surface area (Å²) in [4.78, 5) is 12.2. The molecule has 0 unspecified atom stereocenters. The van der Waals surface area contributed by atoms with E-state index in [0.29, 0.717) is 11.4 Å². The monoisotopic (exact) mass is 390 g/mol. The van der Waals surface area contributed by atoms with Crippen molar-refractivity contribution in [2.45, 2.75) is 24.9 Å². The number of thiophene rings is 1. The van der Waals surface area contributed by atoms with Crippen molar-refractivity contribution in [1.82, 2.24) is 4.31 Å². The van der Waals surface area contributed by atoms with Crippen molar-refractivity contribution in [2.24, 2.45) is 0 Å². The third kappa shape index (κ3) is 4.40. The highest BCUT2D eigenvalue weighted by molar-refractivity contribution is 7.89. The summed E-state index contributed by atoms with van der Waals surface area (Å²) in [5, 5.41) is 4.54. The van der Waals surface area contributed by atoms with Crippen molar-refractivity contribution in [3.8, 4) is 0 Å². The molecule has 0 bridgehead atoms. The fourth-order valence-corrected chi connectivity index (χ4v) is 4.63. The Morgan fingerprint density at radius 1 is 1.12 bits per heavy atom. The van der Waals surface area contributed by atoms with Crippen LogP contribution >= 0.6 is 11.3 Å². The van der Waals surface area contributed by atoms with Crippen LogP contribution in [0.5, 0.6) is 0 Å². The van der Waals surface area contributed by atoms with Crippen LogP contribution in [0.15, 0.2) is 69.5 Å². The number of benzene rings is 1. The molecule has 0 radical (unpaired) electrons. The van der Waals surface area contributed by atoms with E-state index >= 15 is 0 Å². The topological polar surface area (TPSA) is 79.6 Å². The van der Waals surface area contributed by atoms with Gasteiger partial charge in [0.25, 0.3) is 0 Å². The molecule has 0 atom stereocenters. The second-order valence-corrected chi connectivity index (χ2v) is 8.61. The molecule has 1 amide bonds. The van der Waals surface area contributed by atoms with E-state index in [-0.39, 0.29) is 23.9 Å².